The van der Waals surface area contributed by atoms with E-state index in [0.29, 0.717) is 6.42 Å². The minimum Gasteiger partial charge on any atom is -0.475 e. The molecule has 0 amide bonds. The normalized spacial score (nSPS) is 13.1. The molecule has 0 saturated carbocycles. The van der Waals surface area contributed by atoms with Crippen LogP contribution in [0, 0.1) is 0 Å². The lowest BCUT2D eigenvalue weighted by atomic mass is 9.88. The summed E-state index contributed by atoms with van der Waals surface area (Å²) in [6.07, 6.45) is 0.587. The van der Waals surface area contributed by atoms with E-state index in [1.165, 1.54) is 0 Å². The van der Waals surface area contributed by atoms with E-state index >= 15 is 0 Å². The molecule has 3 aromatic carbocycles. The van der Waals surface area contributed by atoms with Gasteiger partial charge in [0.1, 0.15) is 12.0 Å². The van der Waals surface area contributed by atoms with Gasteiger partial charge in [0.05, 0.1) is 0 Å². The maximum Gasteiger partial charge on any atom is 0.149 e. The third kappa shape index (κ3) is 5.35. The molecule has 150 valence electrons. The predicted molar refractivity (Wildman–Crippen MR) is 121 cm³/mol. The summed E-state index contributed by atoms with van der Waals surface area (Å²) in [6, 6.07) is 28.9. The first-order chi connectivity index (χ1) is 14.1. The van der Waals surface area contributed by atoms with Crippen molar-refractivity contribution in [1.29, 1.82) is 0 Å². The van der Waals surface area contributed by atoms with Crippen molar-refractivity contribution >= 4 is 11.1 Å². The van der Waals surface area contributed by atoms with Crippen molar-refractivity contribution < 1.29 is 9.84 Å². The van der Waals surface area contributed by atoms with Gasteiger partial charge in [0.25, 0.3) is 0 Å². The molecule has 3 heteroatoms. The highest BCUT2D eigenvalue weighted by Crippen LogP contribution is 2.35. The average Bonchev–Trinajstić information content (AvgIpc) is 2.76. The van der Waals surface area contributed by atoms with E-state index in [9.17, 15) is 5.11 Å². The Labute approximate surface area is 173 Å². The van der Waals surface area contributed by atoms with Crippen molar-refractivity contribution in [2.24, 2.45) is 0 Å². The Morgan fingerprint density at radius 2 is 1.31 bits per heavy atom. The fourth-order valence-corrected chi connectivity index (χ4v) is 3.29. The molecule has 0 aromatic heterocycles. The maximum absolute atomic E-state index is 9.78. The largest absolute Gasteiger partial charge is 0.475 e. The minimum atomic E-state index is -0.000690. The number of ether oxygens (including phenoxy) is 1. The molecule has 0 heterocycles. The molecule has 1 N–H and O–H groups in total. The summed E-state index contributed by atoms with van der Waals surface area (Å²) in [5, 5.41) is 9.78. The van der Waals surface area contributed by atoms with Crippen LogP contribution in [0.25, 0.3) is 11.1 Å². The Hall–Kier alpha value is -2.88. The van der Waals surface area contributed by atoms with Crippen molar-refractivity contribution in [2.45, 2.75) is 19.6 Å². The molecule has 0 aliphatic rings. The highest BCUT2D eigenvalue weighted by atomic mass is 16.5. The third-order valence-electron chi connectivity index (χ3n) is 5.03. The molecule has 1 unspecified atom stereocenters. The smallest absolute Gasteiger partial charge is 0.149 e. The van der Waals surface area contributed by atoms with Crippen molar-refractivity contribution in [3.8, 4) is 5.75 Å². The molecule has 3 rings (SSSR count). The summed E-state index contributed by atoms with van der Waals surface area (Å²) in [5.41, 5.74) is 5.64. The number of aliphatic hydroxyl groups is 1. The van der Waals surface area contributed by atoms with Crippen molar-refractivity contribution in [3.05, 3.63) is 102 Å². The molecule has 3 nitrogen and oxygen atoms in total. The lowest BCUT2D eigenvalue weighted by Crippen LogP contribution is -2.30. The van der Waals surface area contributed by atoms with Crippen LogP contribution in [0.15, 0.2) is 84.9 Å². The highest BCUT2D eigenvalue weighted by Gasteiger charge is 2.14. The summed E-state index contributed by atoms with van der Waals surface area (Å²) in [4.78, 5) is 2.03. The van der Waals surface area contributed by atoms with E-state index in [0.717, 1.165) is 33.6 Å². The van der Waals surface area contributed by atoms with Crippen LogP contribution in [0.5, 0.6) is 5.75 Å². The van der Waals surface area contributed by atoms with E-state index in [1.54, 1.807) is 0 Å². The second-order valence-corrected chi connectivity index (χ2v) is 7.26. The fourth-order valence-electron chi connectivity index (χ4n) is 3.29. The number of benzene rings is 3. The number of rotatable bonds is 8. The molecule has 0 saturated heterocycles. The van der Waals surface area contributed by atoms with Crippen LogP contribution >= 0.6 is 0 Å². The molecule has 0 spiro atoms. The van der Waals surface area contributed by atoms with Crippen LogP contribution < -0.4 is 4.74 Å². The van der Waals surface area contributed by atoms with Gasteiger partial charge in [-0.2, -0.15) is 0 Å². The second-order valence-electron chi connectivity index (χ2n) is 7.26. The topological polar surface area (TPSA) is 32.7 Å². The molecule has 0 bridgehead atoms. The Balaban J connectivity index is 2.09. The molecule has 0 aliphatic heterocycles. The van der Waals surface area contributed by atoms with E-state index in [-0.39, 0.29) is 12.8 Å². The second kappa shape index (κ2) is 10.1. The van der Waals surface area contributed by atoms with Gasteiger partial charge in [-0.1, -0.05) is 72.8 Å². The summed E-state index contributed by atoms with van der Waals surface area (Å²) >= 11 is 0. The van der Waals surface area contributed by atoms with Crippen LogP contribution in [0.2, 0.25) is 0 Å². The lowest BCUT2D eigenvalue weighted by Gasteiger charge is -2.22. The number of aliphatic hydroxyl groups excluding tert-OH is 1. The first-order valence-electron chi connectivity index (χ1n) is 9.98. The number of nitrogens with zero attached hydrogens (tertiary/aromatic N) is 1. The van der Waals surface area contributed by atoms with Gasteiger partial charge < -0.3 is 9.84 Å². The zero-order valence-electron chi connectivity index (χ0n) is 17.4. The number of hydrogen-bond donors (Lipinski definition) is 1. The molecule has 0 aliphatic carbocycles. The number of hydrogen-bond acceptors (Lipinski definition) is 3. The first-order valence-corrected chi connectivity index (χ1v) is 9.98. The fraction of sp³-hybridized carbons (Fsp3) is 0.231. The van der Waals surface area contributed by atoms with Crippen molar-refractivity contribution in [2.75, 3.05) is 20.7 Å². The molecule has 0 fully saturated rings. The molecule has 3 aromatic rings. The maximum atomic E-state index is 9.78. The summed E-state index contributed by atoms with van der Waals surface area (Å²) in [6.45, 7) is 2.13. The van der Waals surface area contributed by atoms with E-state index in [2.05, 4.69) is 36.4 Å². The SMILES string of the molecule is CC(Oc1ccc(C(=C(CCO)c2ccccc2)c2ccccc2)cc1)N(C)C. The van der Waals surface area contributed by atoms with Gasteiger partial charge in [0.2, 0.25) is 0 Å². The molecule has 1 atom stereocenters. The monoisotopic (exact) mass is 387 g/mol. The Bertz CT molecular complexity index is 916. The van der Waals surface area contributed by atoms with Gasteiger partial charge in [-0.15, -0.1) is 0 Å². The molecule has 29 heavy (non-hydrogen) atoms. The van der Waals surface area contributed by atoms with E-state index in [1.807, 2.05) is 74.4 Å². The molecular formula is C26H29NO2. The van der Waals surface area contributed by atoms with Crippen molar-refractivity contribution in [3.63, 3.8) is 0 Å². The van der Waals surface area contributed by atoms with Crippen molar-refractivity contribution in [1.82, 2.24) is 4.90 Å². The lowest BCUT2D eigenvalue weighted by molar-refractivity contribution is 0.0815. The Morgan fingerprint density at radius 1 is 0.793 bits per heavy atom. The summed E-state index contributed by atoms with van der Waals surface area (Å²) in [5.74, 6) is 0.839. The van der Waals surface area contributed by atoms with Gasteiger partial charge in [-0.25, -0.2) is 0 Å². The average molecular weight is 388 g/mol. The Kier molecular flexibility index (Phi) is 7.23. The predicted octanol–water partition coefficient (Wildman–Crippen LogP) is 5.31. The van der Waals surface area contributed by atoms with Gasteiger partial charge in [-0.3, -0.25) is 4.90 Å². The molecular weight excluding hydrogens is 358 g/mol. The zero-order chi connectivity index (χ0) is 20.6. The van der Waals surface area contributed by atoms with Crippen LogP contribution in [0.4, 0.5) is 0 Å². The standard InChI is InChI=1S/C26H29NO2/c1-20(27(2)3)29-24-16-14-23(15-17-24)26(22-12-8-5-9-13-22)25(18-19-28)21-10-6-4-7-11-21/h4-17,20,28H,18-19H2,1-3H3. The minimum absolute atomic E-state index is 0.000690. The summed E-state index contributed by atoms with van der Waals surface area (Å²) < 4.78 is 5.98. The van der Waals surface area contributed by atoms with Gasteiger partial charge in [-0.05, 0) is 67.4 Å². The zero-order valence-corrected chi connectivity index (χ0v) is 17.4. The van der Waals surface area contributed by atoms with E-state index in [4.69, 9.17) is 4.74 Å². The van der Waals surface area contributed by atoms with Crippen LogP contribution in [0.3, 0.4) is 0 Å². The summed E-state index contributed by atoms with van der Waals surface area (Å²) in [7, 11) is 3.99. The van der Waals surface area contributed by atoms with Gasteiger partial charge >= 0.3 is 0 Å². The van der Waals surface area contributed by atoms with Gasteiger partial charge in [0.15, 0.2) is 0 Å². The molecule has 0 radical (unpaired) electrons. The van der Waals surface area contributed by atoms with Crippen LogP contribution in [0.1, 0.15) is 30.0 Å². The highest BCUT2D eigenvalue weighted by molar-refractivity contribution is 5.98. The van der Waals surface area contributed by atoms with E-state index < -0.39 is 0 Å². The van der Waals surface area contributed by atoms with Crippen LogP contribution in [-0.2, 0) is 0 Å². The Morgan fingerprint density at radius 3 is 1.83 bits per heavy atom. The first kappa shape index (κ1) is 20.8. The third-order valence-corrected chi connectivity index (χ3v) is 5.03. The van der Waals surface area contributed by atoms with Crippen LogP contribution in [-0.4, -0.2) is 36.9 Å². The van der Waals surface area contributed by atoms with Gasteiger partial charge in [0, 0.05) is 6.61 Å². The quantitative estimate of drug-likeness (QED) is 0.420.